The lowest BCUT2D eigenvalue weighted by Crippen LogP contribution is -2.20. The number of sulfonamides is 1. The van der Waals surface area contributed by atoms with E-state index in [-0.39, 0.29) is 10.8 Å². The van der Waals surface area contributed by atoms with Gasteiger partial charge in [-0.25, -0.2) is 8.42 Å². The van der Waals surface area contributed by atoms with E-state index in [1.807, 2.05) is 13.1 Å². The summed E-state index contributed by atoms with van der Waals surface area (Å²) in [7, 11) is -1.94. The molecule has 3 aromatic rings. The predicted octanol–water partition coefficient (Wildman–Crippen LogP) is 2.17. The molecule has 9 heteroatoms. The van der Waals surface area contributed by atoms with Crippen molar-refractivity contribution >= 4 is 27.3 Å². The summed E-state index contributed by atoms with van der Waals surface area (Å²) in [6, 6.07) is 11.7. The second-order valence-corrected chi connectivity index (χ2v) is 8.00. The Kier molecular flexibility index (Phi) is 4.15. The zero-order valence-corrected chi connectivity index (χ0v) is 15.3. The maximum absolute atomic E-state index is 12.8. The molecule has 0 bridgehead atoms. The van der Waals surface area contributed by atoms with E-state index in [0.717, 1.165) is 11.1 Å². The minimum absolute atomic E-state index is 0.0585. The molecule has 27 heavy (non-hydrogen) atoms. The number of benzene rings is 2. The van der Waals surface area contributed by atoms with Crippen molar-refractivity contribution in [2.75, 3.05) is 10.0 Å². The summed E-state index contributed by atoms with van der Waals surface area (Å²) in [6.07, 6.45) is 2.45. The number of fused-ring (bicyclic) bond motifs is 1. The van der Waals surface area contributed by atoms with E-state index in [1.165, 1.54) is 6.07 Å². The molecule has 1 aliphatic rings. The highest BCUT2D eigenvalue weighted by atomic mass is 32.2. The fourth-order valence-corrected chi connectivity index (χ4v) is 4.11. The van der Waals surface area contributed by atoms with Crippen LogP contribution in [0.5, 0.6) is 0 Å². The van der Waals surface area contributed by atoms with E-state index in [4.69, 9.17) is 0 Å². The third-order valence-electron chi connectivity index (χ3n) is 4.37. The van der Waals surface area contributed by atoms with E-state index < -0.39 is 10.0 Å². The van der Waals surface area contributed by atoms with Gasteiger partial charge >= 0.3 is 0 Å². The van der Waals surface area contributed by atoms with E-state index in [9.17, 15) is 13.2 Å². The Balaban J connectivity index is 1.63. The van der Waals surface area contributed by atoms with Gasteiger partial charge in [0.15, 0.2) is 5.82 Å². The zero-order valence-electron chi connectivity index (χ0n) is 14.5. The molecule has 0 atom stereocenters. The zero-order chi connectivity index (χ0) is 19.0. The Bertz CT molecular complexity index is 1140. The maximum atomic E-state index is 12.8. The number of aryl methyl sites for hydroxylation is 2. The van der Waals surface area contributed by atoms with E-state index in [0.29, 0.717) is 30.0 Å². The topological polar surface area (TPSA) is 106 Å². The molecular weight excluding hydrogens is 366 g/mol. The van der Waals surface area contributed by atoms with E-state index in [2.05, 4.69) is 20.2 Å². The van der Waals surface area contributed by atoms with Gasteiger partial charge in [-0.15, -0.1) is 10.2 Å². The average molecular weight is 383 g/mol. The standard InChI is InChI=1S/C18H17N5O3S/c1-23-11-19-21-18(23)13-3-2-4-14(9-13)22-27(25,26)15-6-7-16-12(10-15)5-8-17(24)20-16/h2-4,6-7,9-11,22H,5,8H2,1H3,(H,20,24). The molecule has 8 nitrogen and oxygen atoms in total. The number of carbonyl (C=O) groups is 1. The first-order valence-corrected chi connectivity index (χ1v) is 9.81. The van der Waals surface area contributed by atoms with Crippen molar-refractivity contribution in [1.29, 1.82) is 0 Å². The molecule has 1 aliphatic heterocycles. The van der Waals surface area contributed by atoms with Crippen LogP contribution in [0.2, 0.25) is 0 Å². The van der Waals surface area contributed by atoms with Crippen molar-refractivity contribution in [3.05, 3.63) is 54.4 Å². The van der Waals surface area contributed by atoms with Gasteiger partial charge in [0.05, 0.1) is 4.90 Å². The summed E-state index contributed by atoms with van der Waals surface area (Å²) in [6.45, 7) is 0. The number of nitrogens with zero attached hydrogens (tertiary/aromatic N) is 3. The summed E-state index contributed by atoms with van der Waals surface area (Å²) in [4.78, 5) is 11.6. The van der Waals surface area contributed by atoms with Crippen molar-refractivity contribution in [3.63, 3.8) is 0 Å². The molecule has 2 N–H and O–H groups in total. The maximum Gasteiger partial charge on any atom is 0.261 e. The summed E-state index contributed by atoms with van der Waals surface area (Å²) in [5, 5.41) is 10.6. The molecule has 138 valence electrons. The van der Waals surface area contributed by atoms with Gasteiger partial charge < -0.3 is 9.88 Å². The molecular formula is C18H17N5O3S. The van der Waals surface area contributed by atoms with Crippen LogP contribution in [0.15, 0.2) is 53.7 Å². The second kappa shape index (κ2) is 6.51. The molecule has 4 rings (SSSR count). The Morgan fingerprint density at radius 3 is 2.78 bits per heavy atom. The third-order valence-corrected chi connectivity index (χ3v) is 5.75. The summed E-state index contributed by atoms with van der Waals surface area (Å²) in [5.74, 6) is 0.581. The SMILES string of the molecule is Cn1cnnc1-c1cccc(NS(=O)(=O)c2ccc3c(c2)CCC(=O)N3)c1. The molecule has 0 fully saturated rings. The third kappa shape index (κ3) is 3.41. The van der Waals surface area contributed by atoms with Crippen molar-refractivity contribution in [2.24, 2.45) is 7.05 Å². The molecule has 0 aliphatic carbocycles. The number of hydrogen-bond donors (Lipinski definition) is 2. The highest BCUT2D eigenvalue weighted by Crippen LogP contribution is 2.27. The number of aromatic nitrogens is 3. The largest absolute Gasteiger partial charge is 0.326 e. The van der Waals surface area contributed by atoms with Crippen molar-refractivity contribution in [3.8, 4) is 11.4 Å². The second-order valence-electron chi connectivity index (χ2n) is 6.32. The minimum Gasteiger partial charge on any atom is -0.326 e. The smallest absolute Gasteiger partial charge is 0.261 e. The number of rotatable bonds is 4. The number of anilines is 2. The first kappa shape index (κ1) is 17.2. The van der Waals surface area contributed by atoms with Gasteiger partial charge in [-0.05, 0) is 42.3 Å². The minimum atomic E-state index is -3.76. The quantitative estimate of drug-likeness (QED) is 0.718. The summed E-state index contributed by atoms with van der Waals surface area (Å²) in [5.41, 5.74) is 2.66. The fourth-order valence-electron chi connectivity index (χ4n) is 3.01. The van der Waals surface area contributed by atoms with Crippen LogP contribution < -0.4 is 10.0 Å². The Hall–Kier alpha value is -3.20. The van der Waals surface area contributed by atoms with Gasteiger partial charge in [-0.3, -0.25) is 9.52 Å². The van der Waals surface area contributed by atoms with Crippen molar-refractivity contribution in [1.82, 2.24) is 14.8 Å². The number of carbonyl (C=O) groups excluding carboxylic acids is 1. The van der Waals surface area contributed by atoms with Crippen molar-refractivity contribution in [2.45, 2.75) is 17.7 Å². The highest BCUT2D eigenvalue weighted by Gasteiger charge is 2.20. The van der Waals surface area contributed by atoms with Crippen LogP contribution in [0.4, 0.5) is 11.4 Å². The highest BCUT2D eigenvalue weighted by molar-refractivity contribution is 7.92. The molecule has 0 saturated carbocycles. The first-order chi connectivity index (χ1) is 12.9. The predicted molar refractivity (Wildman–Crippen MR) is 101 cm³/mol. The van der Waals surface area contributed by atoms with Crippen molar-refractivity contribution < 1.29 is 13.2 Å². The van der Waals surface area contributed by atoms with E-state index >= 15 is 0 Å². The van der Waals surface area contributed by atoms with Gasteiger partial charge in [0, 0.05) is 30.4 Å². The first-order valence-electron chi connectivity index (χ1n) is 8.32. The molecule has 1 aromatic heterocycles. The summed E-state index contributed by atoms with van der Waals surface area (Å²) >= 11 is 0. The Labute approximate surface area is 156 Å². The molecule has 2 aromatic carbocycles. The molecule has 0 unspecified atom stereocenters. The lowest BCUT2D eigenvalue weighted by molar-refractivity contribution is -0.116. The molecule has 0 spiro atoms. The van der Waals surface area contributed by atoms with Crippen LogP contribution in [0.3, 0.4) is 0 Å². The van der Waals surface area contributed by atoms with Crippen LogP contribution >= 0.6 is 0 Å². The summed E-state index contributed by atoms with van der Waals surface area (Å²) < 4.78 is 29.9. The monoisotopic (exact) mass is 383 g/mol. The Morgan fingerprint density at radius 1 is 1.15 bits per heavy atom. The van der Waals surface area contributed by atoms with Crippen LogP contribution in [-0.4, -0.2) is 29.1 Å². The number of hydrogen-bond acceptors (Lipinski definition) is 5. The lowest BCUT2D eigenvalue weighted by atomic mass is 10.0. The number of nitrogens with one attached hydrogen (secondary N) is 2. The molecule has 1 amide bonds. The van der Waals surface area contributed by atoms with Gasteiger partial charge in [0.1, 0.15) is 6.33 Å². The normalized spacial score (nSPS) is 13.7. The van der Waals surface area contributed by atoms with E-state index in [1.54, 1.807) is 41.2 Å². The van der Waals surface area contributed by atoms with Gasteiger partial charge in [0.25, 0.3) is 10.0 Å². The van der Waals surface area contributed by atoms with Gasteiger partial charge in [0.2, 0.25) is 5.91 Å². The van der Waals surface area contributed by atoms with Crippen LogP contribution in [0.25, 0.3) is 11.4 Å². The number of amides is 1. The van der Waals surface area contributed by atoms with Crippen LogP contribution in [-0.2, 0) is 28.3 Å². The van der Waals surface area contributed by atoms with Crippen LogP contribution in [0.1, 0.15) is 12.0 Å². The van der Waals surface area contributed by atoms with Gasteiger partial charge in [-0.2, -0.15) is 0 Å². The van der Waals surface area contributed by atoms with Gasteiger partial charge in [-0.1, -0.05) is 12.1 Å². The molecule has 0 saturated heterocycles. The molecule has 2 heterocycles. The Morgan fingerprint density at radius 2 is 2.00 bits per heavy atom. The van der Waals surface area contributed by atoms with Crippen LogP contribution in [0, 0.1) is 0 Å². The average Bonchev–Trinajstić information content (AvgIpc) is 3.07. The lowest BCUT2D eigenvalue weighted by Gasteiger charge is -2.18. The molecule has 0 radical (unpaired) electrons. The fraction of sp³-hybridized carbons (Fsp3) is 0.167.